The van der Waals surface area contributed by atoms with Gasteiger partial charge in [0, 0.05) is 89.1 Å². The SMILES string of the molecule is CC(C)C(=O)NCCN(CCNC(=O)C(C)C)CCN(CCNC(=O)C(C)C)CCNC(=O)C(C)C. The number of nitrogens with zero attached hydrogens (tertiary/aromatic N) is 2. The highest BCUT2D eigenvalue weighted by molar-refractivity contribution is 5.78. The fourth-order valence-corrected chi connectivity index (χ4v) is 3.12. The van der Waals surface area contributed by atoms with E-state index in [1.165, 1.54) is 0 Å². The lowest BCUT2D eigenvalue weighted by molar-refractivity contribution is -0.125. The Morgan fingerprint density at radius 3 is 0.778 bits per heavy atom. The molecule has 0 bridgehead atoms. The molecule has 0 aromatic carbocycles. The summed E-state index contributed by atoms with van der Waals surface area (Å²) in [6.07, 6.45) is 0. The van der Waals surface area contributed by atoms with E-state index in [-0.39, 0.29) is 47.3 Å². The first-order valence-electron chi connectivity index (χ1n) is 13.4. The van der Waals surface area contributed by atoms with Crippen molar-refractivity contribution in [3.8, 4) is 0 Å². The van der Waals surface area contributed by atoms with E-state index in [0.717, 1.165) is 13.1 Å². The van der Waals surface area contributed by atoms with Crippen LogP contribution in [0.4, 0.5) is 0 Å². The molecule has 0 rings (SSSR count). The Hall–Kier alpha value is -2.20. The summed E-state index contributed by atoms with van der Waals surface area (Å²) in [5, 5.41) is 11.8. The van der Waals surface area contributed by atoms with Gasteiger partial charge in [0.25, 0.3) is 0 Å². The Bertz CT molecular complexity index is 559. The van der Waals surface area contributed by atoms with Gasteiger partial charge in [-0.15, -0.1) is 0 Å². The van der Waals surface area contributed by atoms with E-state index in [4.69, 9.17) is 0 Å². The number of hydrogen-bond acceptors (Lipinski definition) is 6. The predicted octanol–water partition coefficient (Wildman–Crippen LogP) is 0.679. The van der Waals surface area contributed by atoms with Crippen molar-refractivity contribution in [2.45, 2.75) is 55.4 Å². The second-order valence-electron chi connectivity index (χ2n) is 10.5. The van der Waals surface area contributed by atoms with Gasteiger partial charge in [-0.2, -0.15) is 0 Å². The summed E-state index contributed by atoms with van der Waals surface area (Å²) in [4.78, 5) is 52.2. The van der Waals surface area contributed by atoms with E-state index in [9.17, 15) is 19.2 Å². The Balaban J connectivity index is 5.00. The molecule has 0 radical (unpaired) electrons. The molecule has 0 aliphatic heterocycles. The lowest BCUT2D eigenvalue weighted by atomic mass is 10.2. The number of nitrogens with one attached hydrogen (secondary N) is 4. The monoisotopic (exact) mass is 512 g/mol. The molecule has 210 valence electrons. The number of rotatable bonds is 19. The average Bonchev–Trinajstić information content (AvgIpc) is 2.80. The Morgan fingerprint density at radius 1 is 0.417 bits per heavy atom. The summed E-state index contributed by atoms with van der Waals surface area (Å²) >= 11 is 0. The van der Waals surface area contributed by atoms with Crippen LogP contribution in [0.5, 0.6) is 0 Å². The fraction of sp³-hybridized carbons (Fsp3) is 0.846. The summed E-state index contributed by atoms with van der Waals surface area (Å²) in [7, 11) is 0. The Kier molecular flexibility index (Phi) is 17.8. The van der Waals surface area contributed by atoms with E-state index in [1.54, 1.807) is 0 Å². The molecule has 0 aliphatic rings. The molecule has 10 nitrogen and oxygen atoms in total. The number of carbonyl (C=O) groups is 4. The molecule has 36 heavy (non-hydrogen) atoms. The van der Waals surface area contributed by atoms with E-state index in [0.29, 0.717) is 52.4 Å². The molecule has 4 amide bonds. The smallest absolute Gasteiger partial charge is 0.222 e. The van der Waals surface area contributed by atoms with Crippen LogP contribution in [0.1, 0.15) is 55.4 Å². The third-order valence-electron chi connectivity index (χ3n) is 5.74. The van der Waals surface area contributed by atoms with Crippen molar-refractivity contribution in [2.24, 2.45) is 23.7 Å². The van der Waals surface area contributed by atoms with Crippen molar-refractivity contribution in [1.82, 2.24) is 31.1 Å². The number of hydrogen-bond donors (Lipinski definition) is 4. The van der Waals surface area contributed by atoms with Gasteiger partial charge < -0.3 is 21.3 Å². The van der Waals surface area contributed by atoms with Gasteiger partial charge in [0.05, 0.1) is 0 Å². The quantitative estimate of drug-likeness (QED) is 0.202. The number of amides is 4. The molecular formula is C26H52N6O4. The van der Waals surface area contributed by atoms with Gasteiger partial charge in [-0.1, -0.05) is 55.4 Å². The summed E-state index contributed by atoms with van der Waals surface area (Å²) in [5.74, 6) is -0.193. The van der Waals surface area contributed by atoms with Gasteiger partial charge in [-0.3, -0.25) is 29.0 Å². The second-order valence-corrected chi connectivity index (χ2v) is 10.5. The highest BCUT2D eigenvalue weighted by atomic mass is 16.2. The molecule has 0 aliphatic carbocycles. The van der Waals surface area contributed by atoms with Gasteiger partial charge in [-0.05, 0) is 0 Å². The molecule has 10 heteroatoms. The van der Waals surface area contributed by atoms with Crippen LogP contribution in [0, 0.1) is 23.7 Å². The van der Waals surface area contributed by atoms with E-state index in [2.05, 4.69) is 31.1 Å². The van der Waals surface area contributed by atoms with E-state index in [1.807, 2.05) is 55.4 Å². The first-order chi connectivity index (χ1) is 16.8. The maximum Gasteiger partial charge on any atom is 0.222 e. The summed E-state index contributed by atoms with van der Waals surface area (Å²) < 4.78 is 0. The van der Waals surface area contributed by atoms with Crippen molar-refractivity contribution < 1.29 is 19.2 Å². The molecule has 0 saturated heterocycles. The predicted molar refractivity (Wildman–Crippen MR) is 144 cm³/mol. The molecule has 0 aromatic heterocycles. The van der Waals surface area contributed by atoms with Gasteiger partial charge in [0.15, 0.2) is 0 Å². The number of carbonyl (C=O) groups excluding carboxylic acids is 4. The lowest BCUT2D eigenvalue weighted by Crippen LogP contribution is -2.46. The van der Waals surface area contributed by atoms with Crippen LogP contribution in [0.2, 0.25) is 0 Å². The van der Waals surface area contributed by atoms with Crippen molar-refractivity contribution in [2.75, 3.05) is 65.4 Å². The summed E-state index contributed by atoms with van der Waals surface area (Å²) in [6.45, 7) is 21.2. The molecule has 0 fully saturated rings. The molecule has 0 spiro atoms. The standard InChI is InChI=1S/C26H52N6O4/c1-19(2)23(33)27-9-13-31(14-10-28-24(34)20(3)4)17-18-32(15-11-29-25(35)21(5)6)16-12-30-26(36)22(7)8/h19-22H,9-18H2,1-8H3,(H,27,33)(H,28,34)(H,29,35)(H,30,36). The Labute approximate surface area is 218 Å². The van der Waals surface area contributed by atoms with E-state index >= 15 is 0 Å². The van der Waals surface area contributed by atoms with Crippen molar-refractivity contribution in [1.29, 1.82) is 0 Å². The molecule has 0 heterocycles. The van der Waals surface area contributed by atoms with Crippen LogP contribution in [-0.4, -0.2) is 98.9 Å². The van der Waals surface area contributed by atoms with Gasteiger partial charge in [-0.25, -0.2) is 0 Å². The second kappa shape index (κ2) is 19.0. The van der Waals surface area contributed by atoms with Gasteiger partial charge in [0.2, 0.25) is 23.6 Å². The summed E-state index contributed by atoms with van der Waals surface area (Å²) in [6, 6.07) is 0. The van der Waals surface area contributed by atoms with Crippen molar-refractivity contribution >= 4 is 23.6 Å². The van der Waals surface area contributed by atoms with Gasteiger partial charge in [0.1, 0.15) is 0 Å². The minimum absolute atomic E-state index is 0.0199. The zero-order valence-corrected chi connectivity index (χ0v) is 23.9. The minimum Gasteiger partial charge on any atom is -0.355 e. The van der Waals surface area contributed by atoms with Crippen molar-refractivity contribution in [3.63, 3.8) is 0 Å². The average molecular weight is 513 g/mol. The molecule has 0 atom stereocenters. The highest BCUT2D eigenvalue weighted by Crippen LogP contribution is 1.97. The van der Waals surface area contributed by atoms with Crippen LogP contribution in [0.15, 0.2) is 0 Å². The van der Waals surface area contributed by atoms with E-state index < -0.39 is 0 Å². The first kappa shape index (κ1) is 33.8. The normalized spacial score (nSPS) is 11.6. The Morgan fingerprint density at radius 2 is 0.611 bits per heavy atom. The van der Waals surface area contributed by atoms with Crippen molar-refractivity contribution in [3.05, 3.63) is 0 Å². The highest BCUT2D eigenvalue weighted by Gasteiger charge is 2.14. The molecule has 4 N–H and O–H groups in total. The van der Waals surface area contributed by atoms with Crippen LogP contribution in [0.3, 0.4) is 0 Å². The molecule has 0 unspecified atom stereocenters. The molecule has 0 saturated carbocycles. The van der Waals surface area contributed by atoms with Crippen LogP contribution in [-0.2, 0) is 19.2 Å². The maximum absolute atomic E-state index is 11.9. The van der Waals surface area contributed by atoms with Crippen LogP contribution in [0.25, 0.3) is 0 Å². The lowest BCUT2D eigenvalue weighted by Gasteiger charge is -2.28. The topological polar surface area (TPSA) is 123 Å². The van der Waals surface area contributed by atoms with Crippen LogP contribution < -0.4 is 21.3 Å². The zero-order valence-electron chi connectivity index (χ0n) is 23.9. The summed E-state index contributed by atoms with van der Waals surface area (Å²) in [5.41, 5.74) is 0. The minimum atomic E-state index is -0.0682. The fourth-order valence-electron chi connectivity index (χ4n) is 3.12. The van der Waals surface area contributed by atoms with Crippen LogP contribution >= 0.6 is 0 Å². The zero-order chi connectivity index (χ0) is 27.7. The maximum atomic E-state index is 11.9. The van der Waals surface area contributed by atoms with Gasteiger partial charge >= 0.3 is 0 Å². The third kappa shape index (κ3) is 16.5. The molecular weight excluding hydrogens is 460 g/mol. The molecule has 0 aromatic rings. The third-order valence-corrected chi connectivity index (χ3v) is 5.74. The largest absolute Gasteiger partial charge is 0.355 e. The first-order valence-corrected chi connectivity index (χ1v) is 13.4.